The predicted molar refractivity (Wildman–Crippen MR) is 74.3 cm³/mol. The molecule has 20 heavy (non-hydrogen) atoms. The molecule has 1 aliphatic heterocycles. The number of rotatable bonds is 3. The molecule has 2 rings (SSSR count). The minimum atomic E-state index is -4.61. The first kappa shape index (κ1) is 15.5. The summed E-state index contributed by atoms with van der Waals surface area (Å²) >= 11 is 11.7. The summed E-state index contributed by atoms with van der Waals surface area (Å²) < 4.78 is 34.0. The lowest BCUT2D eigenvalue weighted by atomic mass is 10.1. The van der Waals surface area contributed by atoms with Crippen LogP contribution in [0.2, 0.25) is 10.3 Å². The van der Waals surface area contributed by atoms with Crippen LogP contribution in [-0.4, -0.2) is 31.6 Å². The van der Waals surface area contributed by atoms with Gasteiger partial charge in [0.15, 0.2) is 5.15 Å². The number of aryl methyl sites for hydroxylation is 1. The van der Waals surface area contributed by atoms with E-state index in [1.807, 2.05) is 0 Å². The molecule has 1 fully saturated rings. The highest BCUT2D eigenvalue weighted by Crippen LogP contribution is 2.34. The van der Waals surface area contributed by atoms with Gasteiger partial charge in [-0.1, -0.05) is 23.2 Å². The van der Waals surface area contributed by atoms with Crippen LogP contribution in [0.15, 0.2) is 6.07 Å². The molecule has 0 aliphatic carbocycles. The molecule has 110 valence electrons. The van der Waals surface area contributed by atoms with Crippen molar-refractivity contribution in [3.8, 4) is 0 Å². The topological polar surface area (TPSA) is 67.3 Å². The lowest BCUT2D eigenvalue weighted by molar-refractivity contribution is -0.117. The number of carbonyl (C=O) groups excluding carboxylic acids is 1. The van der Waals surface area contributed by atoms with Crippen molar-refractivity contribution in [1.29, 1.82) is 0 Å². The third-order valence-electron chi connectivity index (χ3n) is 3.02. The molecule has 1 aliphatic rings. The van der Waals surface area contributed by atoms with E-state index in [-0.39, 0.29) is 29.2 Å². The first-order chi connectivity index (χ1) is 9.17. The molecule has 1 unspecified atom stereocenters. The van der Waals surface area contributed by atoms with Gasteiger partial charge in [0.05, 0.1) is 11.4 Å². The lowest BCUT2D eigenvalue weighted by Gasteiger charge is -2.20. The van der Waals surface area contributed by atoms with Crippen molar-refractivity contribution in [1.82, 2.24) is 4.98 Å². The van der Waals surface area contributed by atoms with E-state index in [2.05, 4.69) is 4.98 Å². The number of amides is 1. The number of anilines is 1. The van der Waals surface area contributed by atoms with Gasteiger partial charge in [-0.2, -0.15) is 8.42 Å². The standard InChI is InChI=1S/C11H11Cl2FN2O3S/c1-6-2-8(12)15-11(13)10(6)16-4-7(3-9(16)17)5-20(14,18)19/h2,7H,3-5H2,1H3. The first-order valence-corrected chi connectivity index (χ1v) is 8.03. The van der Waals surface area contributed by atoms with Gasteiger partial charge in [-0.25, -0.2) is 4.98 Å². The molecule has 0 N–H and O–H groups in total. The molecule has 0 spiro atoms. The Balaban J connectivity index is 2.29. The third-order valence-corrected chi connectivity index (χ3v) is 4.35. The molecule has 2 heterocycles. The van der Waals surface area contributed by atoms with Crippen molar-refractivity contribution in [3.63, 3.8) is 0 Å². The minimum Gasteiger partial charge on any atom is -0.309 e. The smallest absolute Gasteiger partial charge is 0.302 e. The monoisotopic (exact) mass is 340 g/mol. The van der Waals surface area contributed by atoms with Gasteiger partial charge in [0.1, 0.15) is 5.15 Å². The highest BCUT2D eigenvalue weighted by molar-refractivity contribution is 7.86. The van der Waals surface area contributed by atoms with E-state index in [1.165, 1.54) is 4.90 Å². The molecule has 0 saturated carbocycles. The third kappa shape index (κ3) is 3.39. The van der Waals surface area contributed by atoms with Crippen molar-refractivity contribution in [2.45, 2.75) is 13.3 Å². The zero-order valence-electron chi connectivity index (χ0n) is 10.4. The normalized spacial score (nSPS) is 19.7. The zero-order valence-corrected chi connectivity index (χ0v) is 12.8. The van der Waals surface area contributed by atoms with E-state index < -0.39 is 21.9 Å². The molecule has 5 nitrogen and oxygen atoms in total. The largest absolute Gasteiger partial charge is 0.309 e. The molecule has 1 atom stereocenters. The predicted octanol–water partition coefficient (Wildman–Crippen LogP) is 2.35. The molecule has 0 bridgehead atoms. The Labute approximate surface area is 125 Å². The summed E-state index contributed by atoms with van der Waals surface area (Å²) in [7, 11) is -4.61. The Morgan fingerprint density at radius 1 is 1.50 bits per heavy atom. The highest BCUT2D eigenvalue weighted by Gasteiger charge is 2.35. The Kier molecular flexibility index (Phi) is 4.22. The van der Waals surface area contributed by atoms with Crippen molar-refractivity contribution in [2.75, 3.05) is 17.2 Å². The van der Waals surface area contributed by atoms with Gasteiger partial charge in [0.2, 0.25) is 5.91 Å². The van der Waals surface area contributed by atoms with E-state index in [0.717, 1.165) is 0 Å². The molecule has 0 radical (unpaired) electrons. The second-order valence-corrected chi connectivity index (χ2v) is 6.84. The van der Waals surface area contributed by atoms with Crippen LogP contribution in [-0.2, 0) is 15.0 Å². The lowest BCUT2D eigenvalue weighted by Crippen LogP contribution is -2.26. The van der Waals surface area contributed by atoms with Crippen molar-refractivity contribution in [2.24, 2.45) is 5.92 Å². The Bertz CT molecular complexity index is 643. The summed E-state index contributed by atoms with van der Waals surface area (Å²) in [6.45, 7) is 1.80. The highest BCUT2D eigenvalue weighted by atomic mass is 35.5. The zero-order chi connectivity index (χ0) is 15.1. The van der Waals surface area contributed by atoms with Crippen molar-refractivity contribution < 1.29 is 17.1 Å². The van der Waals surface area contributed by atoms with Crippen LogP contribution in [0.5, 0.6) is 0 Å². The van der Waals surface area contributed by atoms with Gasteiger partial charge in [0, 0.05) is 18.9 Å². The van der Waals surface area contributed by atoms with Gasteiger partial charge in [-0.3, -0.25) is 4.79 Å². The summed E-state index contributed by atoms with van der Waals surface area (Å²) in [4.78, 5) is 17.1. The van der Waals surface area contributed by atoms with Crippen molar-refractivity contribution in [3.05, 3.63) is 21.9 Å². The Morgan fingerprint density at radius 2 is 2.15 bits per heavy atom. The number of pyridine rings is 1. The second-order valence-electron chi connectivity index (χ2n) is 4.68. The van der Waals surface area contributed by atoms with Gasteiger partial charge >= 0.3 is 10.2 Å². The molecule has 0 aromatic carbocycles. The summed E-state index contributed by atoms with van der Waals surface area (Å²) in [5.74, 6) is -1.58. The maximum absolute atomic E-state index is 12.7. The number of carbonyl (C=O) groups is 1. The van der Waals surface area contributed by atoms with E-state index in [0.29, 0.717) is 11.3 Å². The molecule has 9 heteroatoms. The number of aromatic nitrogens is 1. The Hall–Kier alpha value is -0.920. The summed E-state index contributed by atoms with van der Waals surface area (Å²) in [5.41, 5.74) is 1.03. The summed E-state index contributed by atoms with van der Waals surface area (Å²) in [5, 5.41) is 0.262. The van der Waals surface area contributed by atoms with Crippen LogP contribution in [0.25, 0.3) is 0 Å². The van der Waals surface area contributed by atoms with Gasteiger partial charge in [-0.05, 0) is 18.6 Å². The molecular formula is C11H11Cl2FN2O3S. The summed E-state index contributed by atoms with van der Waals surface area (Å²) in [6, 6.07) is 1.55. The van der Waals surface area contributed by atoms with Crippen LogP contribution in [0.3, 0.4) is 0 Å². The fourth-order valence-electron chi connectivity index (χ4n) is 2.30. The van der Waals surface area contributed by atoms with Crippen LogP contribution in [0.1, 0.15) is 12.0 Å². The van der Waals surface area contributed by atoms with E-state index in [9.17, 15) is 17.1 Å². The van der Waals surface area contributed by atoms with Gasteiger partial charge in [-0.15, -0.1) is 3.89 Å². The molecular weight excluding hydrogens is 330 g/mol. The van der Waals surface area contributed by atoms with E-state index in [4.69, 9.17) is 23.2 Å². The second kappa shape index (κ2) is 5.46. The van der Waals surface area contributed by atoms with Crippen molar-refractivity contribution >= 4 is 45.0 Å². The molecule has 1 aromatic heterocycles. The summed E-state index contributed by atoms with van der Waals surface area (Å²) in [6.07, 6.45) is -0.0401. The van der Waals surface area contributed by atoms with Crippen LogP contribution in [0.4, 0.5) is 9.57 Å². The maximum atomic E-state index is 12.7. The van der Waals surface area contributed by atoms with Crippen LogP contribution < -0.4 is 4.90 Å². The molecule has 1 amide bonds. The number of hydrogen-bond donors (Lipinski definition) is 0. The Morgan fingerprint density at radius 3 is 2.70 bits per heavy atom. The fraction of sp³-hybridized carbons (Fsp3) is 0.455. The molecule has 1 aromatic rings. The quantitative estimate of drug-likeness (QED) is 0.625. The first-order valence-electron chi connectivity index (χ1n) is 5.72. The maximum Gasteiger partial charge on any atom is 0.302 e. The number of nitrogens with zero attached hydrogens (tertiary/aromatic N) is 2. The SMILES string of the molecule is Cc1cc(Cl)nc(Cl)c1N1CC(CS(=O)(=O)F)CC1=O. The molecule has 1 saturated heterocycles. The minimum absolute atomic E-state index is 0.0401. The van der Waals surface area contributed by atoms with Gasteiger partial charge < -0.3 is 4.90 Å². The average Bonchev–Trinajstić information content (AvgIpc) is 2.55. The van der Waals surface area contributed by atoms with Crippen LogP contribution in [0, 0.1) is 12.8 Å². The number of halogens is 3. The number of hydrogen-bond acceptors (Lipinski definition) is 4. The van der Waals surface area contributed by atoms with Gasteiger partial charge in [0.25, 0.3) is 0 Å². The van der Waals surface area contributed by atoms with Crippen LogP contribution >= 0.6 is 23.2 Å². The fourth-order valence-corrected chi connectivity index (χ4v) is 3.72. The van der Waals surface area contributed by atoms with E-state index >= 15 is 0 Å². The van der Waals surface area contributed by atoms with E-state index in [1.54, 1.807) is 13.0 Å². The average molecular weight is 341 g/mol.